The number of rotatable bonds is 8. The molecule has 0 unspecified atom stereocenters. The predicted molar refractivity (Wildman–Crippen MR) is 108 cm³/mol. The summed E-state index contributed by atoms with van der Waals surface area (Å²) >= 11 is 1.36. The minimum Gasteiger partial charge on any atom is -0.489 e. The van der Waals surface area contributed by atoms with Crippen LogP contribution in [0.2, 0.25) is 0 Å². The molecule has 0 spiro atoms. The van der Waals surface area contributed by atoms with Crippen molar-refractivity contribution >= 4 is 23.9 Å². The average Bonchev–Trinajstić information content (AvgIpc) is 2.73. The first-order valence-electron chi connectivity index (χ1n) is 8.42. The van der Waals surface area contributed by atoms with Crippen LogP contribution in [0.15, 0.2) is 89.1 Å². The average molecular weight is 377 g/mol. The number of carbonyl (C=O) groups is 1. The van der Waals surface area contributed by atoms with Gasteiger partial charge in [-0.05, 0) is 35.4 Å². The van der Waals surface area contributed by atoms with Gasteiger partial charge in [-0.3, -0.25) is 4.79 Å². The summed E-state index contributed by atoms with van der Waals surface area (Å²) in [6, 6.07) is 23.1. The second-order valence-corrected chi connectivity index (χ2v) is 6.59. The van der Waals surface area contributed by atoms with E-state index in [9.17, 15) is 4.79 Å². The van der Waals surface area contributed by atoms with Crippen LogP contribution in [0.5, 0.6) is 5.75 Å². The molecule has 2 aromatic carbocycles. The van der Waals surface area contributed by atoms with E-state index >= 15 is 0 Å². The Morgan fingerprint density at radius 2 is 1.93 bits per heavy atom. The fourth-order valence-electron chi connectivity index (χ4n) is 2.21. The summed E-state index contributed by atoms with van der Waals surface area (Å²) in [5.41, 5.74) is 4.47. The Morgan fingerprint density at radius 3 is 2.74 bits per heavy atom. The number of thioether (sulfide) groups is 1. The highest BCUT2D eigenvalue weighted by atomic mass is 32.2. The highest BCUT2D eigenvalue weighted by molar-refractivity contribution is 7.99. The molecule has 3 rings (SSSR count). The second-order valence-electron chi connectivity index (χ2n) is 5.60. The number of hydrogen-bond acceptors (Lipinski definition) is 5. The van der Waals surface area contributed by atoms with Gasteiger partial charge in [-0.1, -0.05) is 60.3 Å². The van der Waals surface area contributed by atoms with Crippen molar-refractivity contribution in [2.45, 2.75) is 11.6 Å². The van der Waals surface area contributed by atoms with E-state index in [0.29, 0.717) is 6.61 Å². The number of amides is 1. The summed E-state index contributed by atoms with van der Waals surface area (Å²) in [5, 5.41) is 4.80. The Labute approximate surface area is 162 Å². The van der Waals surface area contributed by atoms with Gasteiger partial charge in [0.1, 0.15) is 12.4 Å². The molecular weight excluding hydrogens is 358 g/mol. The standard InChI is InChI=1S/C21H19N3O2S/c25-20(16-27-21-11-4-5-12-22-21)24-23-14-18-9-6-10-19(13-18)26-15-17-7-2-1-3-8-17/h1-14H,15-16H2,(H,24,25). The van der Waals surface area contributed by atoms with Gasteiger partial charge in [0.2, 0.25) is 5.91 Å². The van der Waals surface area contributed by atoms with Crippen LogP contribution in [0, 0.1) is 0 Å². The molecule has 6 heteroatoms. The Balaban J connectivity index is 1.46. The Kier molecular flexibility index (Phi) is 7.00. The zero-order valence-corrected chi connectivity index (χ0v) is 15.4. The first kappa shape index (κ1) is 18.7. The van der Waals surface area contributed by atoms with E-state index in [1.54, 1.807) is 12.4 Å². The third-order valence-electron chi connectivity index (χ3n) is 3.50. The maximum atomic E-state index is 11.8. The molecule has 1 amide bonds. The number of nitrogens with one attached hydrogen (secondary N) is 1. The van der Waals surface area contributed by atoms with Crippen molar-refractivity contribution in [3.05, 3.63) is 90.1 Å². The van der Waals surface area contributed by atoms with Gasteiger partial charge in [0.15, 0.2) is 0 Å². The fourth-order valence-corrected chi connectivity index (χ4v) is 2.86. The first-order valence-corrected chi connectivity index (χ1v) is 9.41. The summed E-state index contributed by atoms with van der Waals surface area (Å²) in [7, 11) is 0. The molecule has 0 radical (unpaired) electrons. The summed E-state index contributed by atoms with van der Waals surface area (Å²) in [6.45, 7) is 0.503. The van der Waals surface area contributed by atoms with E-state index in [4.69, 9.17) is 4.74 Å². The van der Waals surface area contributed by atoms with Crippen molar-refractivity contribution < 1.29 is 9.53 Å². The molecule has 0 aliphatic carbocycles. The number of pyridine rings is 1. The van der Waals surface area contributed by atoms with E-state index in [2.05, 4.69) is 15.5 Å². The molecule has 27 heavy (non-hydrogen) atoms. The molecule has 3 aromatic rings. The predicted octanol–water partition coefficient (Wildman–Crippen LogP) is 3.90. The normalized spacial score (nSPS) is 10.7. The topological polar surface area (TPSA) is 63.6 Å². The van der Waals surface area contributed by atoms with Gasteiger partial charge >= 0.3 is 0 Å². The largest absolute Gasteiger partial charge is 0.489 e. The summed E-state index contributed by atoms with van der Waals surface area (Å²) in [6.07, 6.45) is 3.30. The lowest BCUT2D eigenvalue weighted by Crippen LogP contribution is -2.19. The fraction of sp³-hybridized carbons (Fsp3) is 0.0952. The van der Waals surface area contributed by atoms with Crippen molar-refractivity contribution in [1.29, 1.82) is 0 Å². The van der Waals surface area contributed by atoms with Crippen molar-refractivity contribution in [2.24, 2.45) is 5.10 Å². The van der Waals surface area contributed by atoms with Crippen LogP contribution in [-0.4, -0.2) is 22.9 Å². The summed E-state index contributed by atoms with van der Waals surface area (Å²) in [4.78, 5) is 16.0. The second kappa shape index (κ2) is 10.1. The Morgan fingerprint density at radius 1 is 1.07 bits per heavy atom. The van der Waals surface area contributed by atoms with Gasteiger partial charge in [0.25, 0.3) is 0 Å². The third-order valence-corrected chi connectivity index (χ3v) is 4.44. The molecule has 0 saturated heterocycles. The molecule has 0 aliphatic heterocycles. The molecule has 136 valence electrons. The monoisotopic (exact) mass is 377 g/mol. The highest BCUT2D eigenvalue weighted by Gasteiger charge is 2.02. The highest BCUT2D eigenvalue weighted by Crippen LogP contribution is 2.15. The van der Waals surface area contributed by atoms with Crippen LogP contribution >= 0.6 is 11.8 Å². The van der Waals surface area contributed by atoms with Crippen LogP contribution < -0.4 is 10.2 Å². The number of hydrazone groups is 1. The lowest BCUT2D eigenvalue weighted by molar-refractivity contribution is -0.118. The molecule has 0 fully saturated rings. The Bertz CT molecular complexity index is 886. The minimum absolute atomic E-state index is 0.182. The molecule has 1 heterocycles. The molecule has 0 aliphatic rings. The lowest BCUT2D eigenvalue weighted by Gasteiger charge is -2.06. The maximum Gasteiger partial charge on any atom is 0.250 e. The zero-order valence-electron chi connectivity index (χ0n) is 14.6. The third kappa shape index (κ3) is 6.60. The van der Waals surface area contributed by atoms with E-state index < -0.39 is 0 Å². The molecule has 0 bridgehead atoms. The number of hydrogen-bond donors (Lipinski definition) is 1. The van der Waals surface area contributed by atoms with Crippen LogP contribution in [0.1, 0.15) is 11.1 Å². The van der Waals surface area contributed by atoms with Crippen LogP contribution in [0.4, 0.5) is 0 Å². The van der Waals surface area contributed by atoms with Crippen LogP contribution in [0.25, 0.3) is 0 Å². The summed E-state index contributed by atoms with van der Waals surface area (Å²) < 4.78 is 5.79. The van der Waals surface area contributed by atoms with Crippen molar-refractivity contribution in [3.63, 3.8) is 0 Å². The van der Waals surface area contributed by atoms with Gasteiger partial charge in [0.05, 0.1) is 17.0 Å². The van der Waals surface area contributed by atoms with Gasteiger partial charge in [-0.15, -0.1) is 0 Å². The van der Waals surface area contributed by atoms with Crippen molar-refractivity contribution in [2.75, 3.05) is 5.75 Å². The van der Waals surface area contributed by atoms with Crippen molar-refractivity contribution in [3.8, 4) is 5.75 Å². The van der Waals surface area contributed by atoms with Gasteiger partial charge in [-0.25, -0.2) is 10.4 Å². The molecule has 1 N–H and O–H groups in total. The molecule has 0 atom stereocenters. The number of carbonyl (C=O) groups excluding carboxylic acids is 1. The lowest BCUT2D eigenvalue weighted by atomic mass is 10.2. The zero-order chi connectivity index (χ0) is 18.7. The number of ether oxygens (including phenoxy) is 1. The molecule has 0 saturated carbocycles. The number of benzene rings is 2. The van der Waals surface area contributed by atoms with E-state index in [-0.39, 0.29) is 11.7 Å². The first-order chi connectivity index (χ1) is 13.3. The van der Waals surface area contributed by atoms with Crippen LogP contribution in [0.3, 0.4) is 0 Å². The van der Waals surface area contributed by atoms with Gasteiger partial charge in [-0.2, -0.15) is 5.10 Å². The van der Waals surface area contributed by atoms with E-state index in [1.165, 1.54) is 11.8 Å². The number of aromatic nitrogens is 1. The molecule has 1 aromatic heterocycles. The Hall–Kier alpha value is -3.12. The smallest absolute Gasteiger partial charge is 0.250 e. The quantitative estimate of drug-likeness (QED) is 0.367. The molecular formula is C21H19N3O2S. The maximum absolute atomic E-state index is 11.8. The summed E-state index contributed by atoms with van der Waals surface area (Å²) in [5.74, 6) is 0.826. The van der Waals surface area contributed by atoms with E-state index in [0.717, 1.165) is 21.9 Å². The number of nitrogens with zero attached hydrogens (tertiary/aromatic N) is 2. The van der Waals surface area contributed by atoms with Gasteiger partial charge < -0.3 is 4.74 Å². The van der Waals surface area contributed by atoms with Gasteiger partial charge in [0, 0.05) is 6.20 Å². The van der Waals surface area contributed by atoms with E-state index in [1.807, 2.05) is 72.8 Å². The molecule has 5 nitrogen and oxygen atoms in total. The minimum atomic E-state index is -0.182. The van der Waals surface area contributed by atoms with Crippen molar-refractivity contribution in [1.82, 2.24) is 10.4 Å². The SMILES string of the molecule is O=C(CSc1ccccn1)NN=Cc1cccc(OCc2ccccc2)c1. The van der Waals surface area contributed by atoms with Crippen LogP contribution in [-0.2, 0) is 11.4 Å².